The van der Waals surface area contributed by atoms with Crippen molar-refractivity contribution in [3.8, 4) is 5.88 Å². The lowest BCUT2D eigenvalue weighted by Crippen LogP contribution is -2.41. The molecule has 2 heterocycles. The first kappa shape index (κ1) is 19.2. The van der Waals surface area contributed by atoms with Gasteiger partial charge in [0.25, 0.3) is 5.69 Å². The lowest BCUT2D eigenvalue weighted by atomic mass is 10.1. The summed E-state index contributed by atoms with van der Waals surface area (Å²) < 4.78 is 32.7. The molecule has 0 spiro atoms. The second-order valence-corrected chi connectivity index (χ2v) is 8.31. The van der Waals surface area contributed by atoms with Gasteiger partial charge in [-0.2, -0.15) is 9.29 Å². The minimum Gasteiger partial charge on any atom is -0.474 e. The van der Waals surface area contributed by atoms with Crippen molar-refractivity contribution < 1.29 is 18.1 Å². The van der Waals surface area contributed by atoms with Crippen LogP contribution in [-0.4, -0.2) is 46.8 Å². The van der Waals surface area contributed by atoms with E-state index in [1.54, 1.807) is 13.0 Å². The molecule has 144 valence electrons. The second-order valence-electron chi connectivity index (χ2n) is 6.37. The number of hydrogen-bond acceptors (Lipinski definition) is 7. The molecule has 9 nitrogen and oxygen atoms in total. The number of aromatic nitrogens is 2. The third kappa shape index (κ3) is 4.40. The Morgan fingerprint density at radius 1 is 1.15 bits per heavy atom. The largest absolute Gasteiger partial charge is 0.474 e. The molecule has 0 unspecified atom stereocenters. The van der Waals surface area contributed by atoms with Gasteiger partial charge in [-0.25, -0.2) is 13.4 Å². The molecule has 1 fully saturated rings. The van der Waals surface area contributed by atoms with Crippen LogP contribution in [0.2, 0.25) is 0 Å². The molecule has 1 aromatic carbocycles. The first-order chi connectivity index (χ1) is 12.8. The van der Waals surface area contributed by atoms with Crippen LogP contribution in [0.1, 0.15) is 24.4 Å². The van der Waals surface area contributed by atoms with E-state index in [0.717, 1.165) is 5.69 Å². The molecule has 0 atom stereocenters. The van der Waals surface area contributed by atoms with Crippen LogP contribution in [-0.2, 0) is 10.0 Å². The van der Waals surface area contributed by atoms with Gasteiger partial charge >= 0.3 is 0 Å². The van der Waals surface area contributed by atoms with Crippen molar-refractivity contribution in [3.05, 3.63) is 52.0 Å². The molecule has 0 saturated carbocycles. The number of sulfonamides is 1. The van der Waals surface area contributed by atoms with E-state index >= 15 is 0 Å². The molecule has 1 aliphatic heterocycles. The fraction of sp³-hybridized carbons (Fsp3) is 0.412. The van der Waals surface area contributed by atoms with E-state index < -0.39 is 14.9 Å². The molecule has 1 saturated heterocycles. The molecular formula is C17H20N4O5S. The fourth-order valence-corrected chi connectivity index (χ4v) is 4.46. The van der Waals surface area contributed by atoms with Crippen molar-refractivity contribution in [2.24, 2.45) is 0 Å². The summed E-state index contributed by atoms with van der Waals surface area (Å²) in [5, 5.41) is 10.7. The Bertz CT molecular complexity index is 918. The average Bonchev–Trinajstić information content (AvgIpc) is 2.61. The lowest BCUT2D eigenvalue weighted by Gasteiger charge is -2.31. The number of nitro benzene ring substituents is 1. The van der Waals surface area contributed by atoms with Gasteiger partial charge in [-0.3, -0.25) is 10.1 Å². The Morgan fingerprint density at radius 2 is 1.78 bits per heavy atom. The highest BCUT2D eigenvalue weighted by molar-refractivity contribution is 7.89. The summed E-state index contributed by atoms with van der Waals surface area (Å²) in [6, 6.07) is 6.68. The van der Waals surface area contributed by atoms with E-state index in [1.165, 1.54) is 28.6 Å². The topological polar surface area (TPSA) is 116 Å². The zero-order valence-electron chi connectivity index (χ0n) is 15.0. The number of nitro groups is 1. The van der Waals surface area contributed by atoms with Crippen molar-refractivity contribution in [3.63, 3.8) is 0 Å². The Kier molecular flexibility index (Phi) is 5.38. The number of ether oxygens (including phenoxy) is 1. The van der Waals surface area contributed by atoms with Gasteiger partial charge in [0, 0.05) is 37.0 Å². The molecule has 3 rings (SSSR count). The van der Waals surface area contributed by atoms with E-state index in [1.807, 2.05) is 6.92 Å². The highest BCUT2D eigenvalue weighted by Gasteiger charge is 2.30. The third-order valence-corrected chi connectivity index (χ3v) is 6.23. The monoisotopic (exact) mass is 392 g/mol. The highest BCUT2D eigenvalue weighted by Crippen LogP contribution is 2.24. The van der Waals surface area contributed by atoms with Crippen LogP contribution in [0.3, 0.4) is 0 Å². The number of piperidine rings is 1. The molecular weight excluding hydrogens is 372 g/mol. The van der Waals surface area contributed by atoms with E-state index in [4.69, 9.17) is 4.74 Å². The van der Waals surface area contributed by atoms with Gasteiger partial charge < -0.3 is 4.74 Å². The zero-order valence-corrected chi connectivity index (χ0v) is 15.8. The molecule has 10 heteroatoms. The van der Waals surface area contributed by atoms with Crippen LogP contribution in [0.15, 0.2) is 35.2 Å². The van der Waals surface area contributed by atoms with Crippen molar-refractivity contribution in [1.29, 1.82) is 0 Å². The molecule has 2 aromatic rings. The molecule has 0 radical (unpaired) electrons. The Balaban J connectivity index is 1.64. The number of nitrogens with zero attached hydrogens (tertiary/aromatic N) is 4. The highest BCUT2D eigenvalue weighted by atomic mass is 32.2. The van der Waals surface area contributed by atoms with Gasteiger partial charge in [0.15, 0.2) is 0 Å². The van der Waals surface area contributed by atoms with Crippen molar-refractivity contribution >= 4 is 15.7 Å². The summed E-state index contributed by atoms with van der Waals surface area (Å²) in [5.41, 5.74) is 0.673. The Morgan fingerprint density at radius 3 is 2.33 bits per heavy atom. The zero-order chi connectivity index (χ0) is 19.6. The number of rotatable bonds is 5. The van der Waals surface area contributed by atoms with E-state index in [-0.39, 0.29) is 16.7 Å². The SMILES string of the molecule is Cc1cc(OC2CCN(S(=O)(=O)c3ccc([N+](=O)[O-])cc3)CC2)nc(C)n1. The predicted molar refractivity (Wildman–Crippen MR) is 97.0 cm³/mol. The second kappa shape index (κ2) is 7.57. The summed E-state index contributed by atoms with van der Waals surface area (Å²) in [6.45, 7) is 4.28. The lowest BCUT2D eigenvalue weighted by molar-refractivity contribution is -0.384. The molecule has 0 N–H and O–H groups in total. The number of benzene rings is 1. The summed E-state index contributed by atoms with van der Waals surface area (Å²) in [7, 11) is -3.68. The van der Waals surface area contributed by atoms with Crippen molar-refractivity contribution in [1.82, 2.24) is 14.3 Å². The van der Waals surface area contributed by atoms with E-state index in [0.29, 0.717) is 37.6 Å². The molecule has 0 bridgehead atoms. The molecule has 0 aliphatic carbocycles. The first-order valence-electron chi connectivity index (χ1n) is 8.49. The van der Waals surface area contributed by atoms with Crippen LogP contribution in [0.5, 0.6) is 5.88 Å². The molecule has 1 aromatic heterocycles. The number of aryl methyl sites for hydroxylation is 2. The van der Waals surface area contributed by atoms with E-state index in [9.17, 15) is 18.5 Å². The first-order valence-corrected chi connectivity index (χ1v) is 9.93. The molecule has 27 heavy (non-hydrogen) atoms. The summed E-state index contributed by atoms with van der Waals surface area (Å²) in [4.78, 5) is 18.7. The van der Waals surface area contributed by atoms with Gasteiger partial charge in [-0.1, -0.05) is 0 Å². The van der Waals surface area contributed by atoms with Gasteiger partial charge in [-0.15, -0.1) is 0 Å². The average molecular weight is 392 g/mol. The Hall–Kier alpha value is -2.59. The minimum absolute atomic E-state index is 0.0505. The standard InChI is InChI=1S/C17H20N4O5S/c1-12-11-17(19-13(2)18-12)26-15-7-9-20(10-8-15)27(24,25)16-5-3-14(4-6-16)21(22)23/h3-6,11,15H,7-10H2,1-2H3. The van der Waals surface area contributed by atoms with Gasteiger partial charge in [-0.05, 0) is 38.8 Å². The predicted octanol–water partition coefficient (Wildman–Crippen LogP) is 2.23. The van der Waals surface area contributed by atoms with Crippen LogP contribution in [0.4, 0.5) is 5.69 Å². The maximum Gasteiger partial charge on any atom is 0.269 e. The van der Waals surface area contributed by atoms with Crippen molar-refractivity contribution in [2.45, 2.75) is 37.7 Å². The number of hydrogen-bond donors (Lipinski definition) is 0. The molecule has 1 aliphatic rings. The van der Waals surface area contributed by atoms with Crippen LogP contribution in [0, 0.1) is 24.0 Å². The van der Waals surface area contributed by atoms with Gasteiger partial charge in [0.1, 0.15) is 11.9 Å². The fourth-order valence-electron chi connectivity index (χ4n) is 2.99. The minimum atomic E-state index is -3.68. The normalized spacial score (nSPS) is 16.2. The summed E-state index contributed by atoms with van der Waals surface area (Å²) in [5.74, 6) is 1.12. The number of non-ortho nitro benzene ring substituents is 1. The molecule has 0 amide bonds. The van der Waals surface area contributed by atoms with Gasteiger partial charge in [0.05, 0.1) is 9.82 Å². The summed E-state index contributed by atoms with van der Waals surface area (Å²) in [6.07, 6.45) is 0.949. The smallest absolute Gasteiger partial charge is 0.269 e. The van der Waals surface area contributed by atoms with Crippen molar-refractivity contribution in [2.75, 3.05) is 13.1 Å². The maximum absolute atomic E-state index is 12.7. The van der Waals surface area contributed by atoms with Crippen LogP contribution < -0.4 is 4.74 Å². The Labute approximate surface area is 157 Å². The van der Waals surface area contributed by atoms with Crippen LogP contribution in [0.25, 0.3) is 0 Å². The van der Waals surface area contributed by atoms with E-state index in [2.05, 4.69) is 9.97 Å². The quantitative estimate of drug-likeness (QED) is 0.566. The van der Waals surface area contributed by atoms with Gasteiger partial charge in [0.2, 0.25) is 15.9 Å². The summed E-state index contributed by atoms with van der Waals surface area (Å²) >= 11 is 0. The van der Waals surface area contributed by atoms with Crippen LogP contribution >= 0.6 is 0 Å². The third-order valence-electron chi connectivity index (χ3n) is 4.32. The maximum atomic E-state index is 12.7.